The second kappa shape index (κ2) is 8.26. The average Bonchev–Trinajstić information content (AvgIpc) is 3.35. The van der Waals surface area contributed by atoms with Crippen LogP contribution < -0.4 is 9.80 Å². The summed E-state index contributed by atoms with van der Waals surface area (Å²) >= 11 is 12.1. The summed E-state index contributed by atoms with van der Waals surface area (Å²) in [5, 5.41) is 15.7. The number of amides is 1. The molecule has 2 saturated heterocycles. The van der Waals surface area contributed by atoms with Gasteiger partial charge < -0.3 is 9.80 Å². The molecule has 10 heteroatoms. The number of nitriles is 1. The molecule has 178 valence electrons. The number of hydrogen-bond donors (Lipinski definition) is 0. The summed E-state index contributed by atoms with van der Waals surface area (Å²) in [4.78, 5) is 23.7. The third-order valence-electron chi connectivity index (χ3n) is 7.61. The Bertz CT molecular complexity index is 1400. The molecule has 0 bridgehead atoms. The first-order valence-electron chi connectivity index (χ1n) is 11.8. The minimum absolute atomic E-state index is 0.0757. The molecule has 0 N–H and O–H groups in total. The number of piperidine rings is 1. The van der Waals surface area contributed by atoms with Crippen LogP contribution in [0.1, 0.15) is 43.8 Å². The van der Waals surface area contributed by atoms with Crippen LogP contribution in [0, 0.1) is 11.3 Å². The molecule has 35 heavy (non-hydrogen) atoms. The van der Waals surface area contributed by atoms with Crippen LogP contribution in [0.3, 0.4) is 0 Å². The van der Waals surface area contributed by atoms with Crippen LogP contribution in [-0.2, 0) is 4.79 Å². The quantitative estimate of drug-likeness (QED) is 0.491. The maximum atomic E-state index is 13.7. The molecule has 1 spiro atoms. The predicted octanol–water partition coefficient (Wildman–Crippen LogP) is 4.28. The molecule has 1 aromatic carbocycles. The van der Waals surface area contributed by atoms with E-state index >= 15 is 0 Å². The zero-order valence-electron chi connectivity index (χ0n) is 19.3. The van der Waals surface area contributed by atoms with Crippen molar-refractivity contribution in [1.82, 2.24) is 19.7 Å². The first-order valence-corrected chi connectivity index (χ1v) is 12.6. The fourth-order valence-corrected chi connectivity index (χ4v) is 6.12. The van der Waals surface area contributed by atoms with Crippen LogP contribution in [0.5, 0.6) is 0 Å². The average molecular weight is 506 g/mol. The normalized spacial score (nSPS) is 20.6. The second-order valence-electron chi connectivity index (χ2n) is 9.67. The number of fused-ring (bicyclic) bond motifs is 1. The molecule has 1 amide bonds. The Morgan fingerprint density at radius 1 is 1.20 bits per heavy atom. The lowest BCUT2D eigenvalue weighted by Gasteiger charge is -2.43. The summed E-state index contributed by atoms with van der Waals surface area (Å²) in [5.41, 5.74) is 1.65. The number of likely N-dealkylation sites (tertiary alicyclic amines) is 1. The van der Waals surface area contributed by atoms with Gasteiger partial charge in [0.25, 0.3) is 5.91 Å². The van der Waals surface area contributed by atoms with Gasteiger partial charge >= 0.3 is 0 Å². The van der Waals surface area contributed by atoms with E-state index in [2.05, 4.69) is 33.9 Å². The number of thiocarbonyl (C=S) groups is 1. The van der Waals surface area contributed by atoms with E-state index in [0.29, 0.717) is 16.8 Å². The van der Waals surface area contributed by atoms with Crippen LogP contribution >= 0.6 is 23.8 Å². The highest BCUT2D eigenvalue weighted by atomic mass is 35.5. The SMILES string of the molecule is CN1CCC(n2cc3ccc(N4C(=S)N(c5cnc(C#N)c(Cl)c5)C(=O)C45CCC5)cc3n2)CC1. The molecular weight excluding hydrogens is 482 g/mol. The Kier molecular flexibility index (Phi) is 5.29. The Balaban J connectivity index is 1.36. The second-order valence-corrected chi connectivity index (χ2v) is 10.4. The molecule has 2 aromatic heterocycles. The van der Waals surface area contributed by atoms with Crippen LogP contribution in [-0.4, -0.2) is 56.4 Å². The zero-order chi connectivity index (χ0) is 24.3. The number of nitrogens with zero attached hydrogens (tertiary/aromatic N) is 7. The highest BCUT2D eigenvalue weighted by molar-refractivity contribution is 7.81. The maximum Gasteiger partial charge on any atom is 0.259 e. The van der Waals surface area contributed by atoms with E-state index in [1.165, 1.54) is 11.1 Å². The van der Waals surface area contributed by atoms with E-state index in [9.17, 15) is 4.79 Å². The summed E-state index contributed by atoms with van der Waals surface area (Å²) in [5.74, 6) is -0.0757. The number of anilines is 2. The molecule has 3 aromatic rings. The number of pyridine rings is 1. The van der Waals surface area contributed by atoms with Crippen LogP contribution in [0.4, 0.5) is 11.4 Å². The minimum Gasteiger partial charge on any atom is -0.306 e. The molecule has 1 saturated carbocycles. The summed E-state index contributed by atoms with van der Waals surface area (Å²) in [7, 11) is 2.16. The third kappa shape index (κ3) is 3.43. The van der Waals surface area contributed by atoms with Crippen LogP contribution in [0.25, 0.3) is 10.9 Å². The van der Waals surface area contributed by atoms with Crippen molar-refractivity contribution in [2.75, 3.05) is 29.9 Å². The number of hydrogen-bond acceptors (Lipinski definition) is 6. The molecule has 6 rings (SSSR count). The lowest BCUT2D eigenvalue weighted by Crippen LogP contribution is -2.55. The summed E-state index contributed by atoms with van der Waals surface area (Å²) in [6.07, 6.45) is 8.18. The van der Waals surface area contributed by atoms with E-state index in [0.717, 1.165) is 61.8 Å². The van der Waals surface area contributed by atoms with Gasteiger partial charge in [0.1, 0.15) is 11.6 Å². The molecule has 1 aliphatic carbocycles. The topological polar surface area (TPSA) is 81.3 Å². The van der Waals surface area contributed by atoms with Gasteiger partial charge in [-0.1, -0.05) is 11.6 Å². The van der Waals surface area contributed by atoms with Crippen molar-refractivity contribution in [1.29, 1.82) is 5.26 Å². The van der Waals surface area contributed by atoms with Gasteiger partial charge in [0, 0.05) is 17.3 Å². The van der Waals surface area contributed by atoms with Crippen molar-refractivity contribution in [3.8, 4) is 6.07 Å². The van der Waals surface area contributed by atoms with E-state index in [4.69, 9.17) is 34.2 Å². The molecule has 3 aliphatic rings. The highest BCUT2D eigenvalue weighted by Gasteiger charge is 2.59. The van der Waals surface area contributed by atoms with Gasteiger partial charge in [-0.25, -0.2) is 4.98 Å². The summed E-state index contributed by atoms with van der Waals surface area (Å²) < 4.78 is 2.10. The Labute approximate surface area is 213 Å². The van der Waals surface area contributed by atoms with Gasteiger partial charge in [0.05, 0.1) is 28.5 Å². The molecule has 0 unspecified atom stereocenters. The Morgan fingerprint density at radius 2 is 1.97 bits per heavy atom. The van der Waals surface area contributed by atoms with Crippen molar-refractivity contribution >= 4 is 57.1 Å². The summed E-state index contributed by atoms with van der Waals surface area (Å²) in [6, 6.07) is 10.1. The van der Waals surface area contributed by atoms with Crippen molar-refractivity contribution in [3.63, 3.8) is 0 Å². The number of halogens is 1. The van der Waals surface area contributed by atoms with Gasteiger partial charge in [-0.15, -0.1) is 0 Å². The van der Waals surface area contributed by atoms with Crippen LogP contribution in [0.2, 0.25) is 5.02 Å². The lowest BCUT2D eigenvalue weighted by atomic mass is 9.75. The van der Waals surface area contributed by atoms with Crippen molar-refractivity contribution in [2.45, 2.75) is 43.7 Å². The number of carbonyl (C=O) groups is 1. The van der Waals surface area contributed by atoms with E-state index in [1.54, 1.807) is 6.07 Å². The zero-order valence-corrected chi connectivity index (χ0v) is 20.9. The van der Waals surface area contributed by atoms with Gasteiger partial charge in [0.2, 0.25) is 0 Å². The minimum atomic E-state index is -0.707. The number of benzene rings is 1. The molecule has 2 aliphatic heterocycles. The lowest BCUT2D eigenvalue weighted by molar-refractivity contribution is -0.123. The van der Waals surface area contributed by atoms with Gasteiger partial charge in [-0.3, -0.25) is 14.4 Å². The van der Waals surface area contributed by atoms with Crippen molar-refractivity contribution in [3.05, 3.63) is 47.4 Å². The van der Waals surface area contributed by atoms with Gasteiger partial charge in [-0.2, -0.15) is 10.4 Å². The molecule has 0 atom stereocenters. The van der Waals surface area contributed by atoms with Crippen LogP contribution in [0.15, 0.2) is 36.7 Å². The molecule has 4 heterocycles. The third-order valence-corrected chi connectivity index (χ3v) is 8.27. The van der Waals surface area contributed by atoms with E-state index in [1.807, 2.05) is 23.1 Å². The predicted molar refractivity (Wildman–Crippen MR) is 139 cm³/mol. The largest absolute Gasteiger partial charge is 0.306 e. The number of rotatable bonds is 3. The maximum absolute atomic E-state index is 13.7. The molecule has 3 fully saturated rings. The Hall–Kier alpha value is -3.06. The first kappa shape index (κ1) is 22.4. The monoisotopic (exact) mass is 505 g/mol. The van der Waals surface area contributed by atoms with Gasteiger partial charge in [0.15, 0.2) is 10.8 Å². The first-order chi connectivity index (χ1) is 16.9. The fourth-order valence-electron chi connectivity index (χ4n) is 5.45. The summed E-state index contributed by atoms with van der Waals surface area (Å²) in [6.45, 7) is 2.14. The van der Waals surface area contributed by atoms with E-state index < -0.39 is 5.54 Å². The Morgan fingerprint density at radius 3 is 2.63 bits per heavy atom. The molecular formula is C25H24ClN7OS. The van der Waals surface area contributed by atoms with Crippen molar-refractivity contribution < 1.29 is 4.79 Å². The molecule has 8 nitrogen and oxygen atoms in total. The smallest absolute Gasteiger partial charge is 0.259 e. The number of aromatic nitrogens is 3. The van der Waals surface area contributed by atoms with Crippen molar-refractivity contribution in [2.24, 2.45) is 0 Å². The number of carbonyl (C=O) groups excluding carboxylic acids is 1. The highest BCUT2D eigenvalue weighted by Crippen LogP contribution is 2.48. The van der Waals surface area contributed by atoms with Gasteiger partial charge in [-0.05, 0) is 88.7 Å². The fraction of sp³-hybridized carbons (Fsp3) is 0.400. The van der Waals surface area contributed by atoms with E-state index in [-0.39, 0.29) is 16.6 Å². The standard InChI is InChI=1S/C25H24ClN7OS/c1-30-9-5-17(6-10-30)31-15-16-3-4-18(12-21(16)29-31)33-24(35)32(23(34)25(33)7-2-8-25)19-11-20(26)22(13-27)28-14-19/h3-4,11-12,14-15,17H,2,5-10H2,1H3. The molecule has 0 radical (unpaired) electrons.